The molecule has 0 aliphatic carbocycles. The minimum Gasteiger partial charge on any atom is -0.325 e. The third-order valence-corrected chi connectivity index (χ3v) is 3.88. The van der Waals surface area contributed by atoms with Crippen molar-refractivity contribution in [2.75, 3.05) is 5.32 Å². The van der Waals surface area contributed by atoms with E-state index in [9.17, 15) is 4.79 Å². The van der Waals surface area contributed by atoms with Gasteiger partial charge in [0.1, 0.15) is 0 Å². The highest BCUT2D eigenvalue weighted by Crippen LogP contribution is 2.20. The van der Waals surface area contributed by atoms with Gasteiger partial charge in [-0.05, 0) is 43.5 Å². The van der Waals surface area contributed by atoms with Crippen LogP contribution in [0.3, 0.4) is 0 Å². The van der Waals surface area contributed by atoms with Crippen molar-refractivity contribution in [2.24, 2.45) is 11.1 Å². The molecule has 1 heterocycles. The van der Waals surface area contributed by atoms with Gasteiger partial charge in [0.2, 0.25) is 5.91 Å². The summed E-state index contributed by atoms with van der Waals surface area (Å²) in [5.41, 5.74) is 9.55. The lowest BCUT2D eigenvalue weighted by molar-refractivity contribution is -0.119. The number of nitrogens with two attached hydrogens (primary N) is 1. The summed E-state index contributed by atoms with van der Waals surface area (Å²) in [4.78, 5) is 16.4. The van der Waals surface area contributed by atoms with Gasteiger partial charge in [-0.25, -0.2) is 4.98 Å². The predicted molar refractivity (Wildman–Crippen MR) is 89.1 cm³/mol. The van der Waals surface area contributed by atoms with Crippen molar-refractivity contribution in [2.45, 2.75) is 40.7 Å². The van der Waals surface area contributed by atoms with E-state index in [2.05, 4.69) is 10.3 Å². The lowest BCUT2D eigenvalue weighted by Gasteiger charge is -2.25. The molecule has 5 nitrogen and oxygen atoms in total. The molecule has 118 valence electrons. The van der Waals surface area contributed by atoms with Crippen LogP contribution >= 0.6 is 0 Å². The molecule has 0 spiro atoms. The molecule has 1 aromatic carbocycles. The summed E-state index contributed by atoms with van der Waals surface area (Å²) in [5, 5.41) is 2.86. The third-order valence-electron chi connectivity index (χ3n) is 3.88. The van der Waals surface area contributed by atoms with Crippen LogP contribution in [-0.2, 0) is 4.79 Å². The lowest BCUT2D eigenvalue weighted by atomic mass is 9.87. The minimum atomic E-state index is -0.550. The highest BCUT2D eigenvalue weighted by molar-refractivity contribution is 5.95. The van der Waals surface area contributed by atoms with Crippen molar-refractivity contribution in [1.29, 1.82) is 0 Å². The van der Waals surface area contributed by atoms with Gasteiger partial charge in [0.25, 0.3) is 0 Å². The second kappa shape index (κ2) is 5.93. The average molecular weight is 300 g/mol. The molecule has 1 atom stereocenters. The summed E-state index contributed by atoms with van der Waals surface area (Å²) in [6.07, 6.45) is 1.80. The zero-order valence-corrected chi connectivity index (χ0v) is 13.8. The van der Waals surface area contributed by atoms with E-state index in [0.29, 0.717) is 0 Å². The number of nitrogens with zero attached hydrogens (tertiary/aromatic N) is 2. The van der Waals surface area contributed by atoms with Gasteiger partial charge in [-0.3, -0.25) is 4.79 Å². The number of aromatic nitrogens is 2. The van der Waals surface area contributed by atoms with Crippen LogP contribution < -0.4 is 11.1 Å². The number of amides is 1. The molecule has 0 aliphatic rings. The summed E-state index contributed by atoms with van der Waals surface area (Å²) in [6.45, 7) is 9.86. The smallest absolute Gasteiger partial charge is 0.241 e. The number of hydrogen-bond donors (Lipinski definition) is 2. The lowest BCUT2D eigenvalue weighted by Crippen LogP contribution is -2.45. The maximum atomic E-state index is 12.1. The largest absolute Gasteiger partial charge is 0.325 e. The van der Waals surface area contributed by atoms with Crippen LogP contribution in [-0.4, -0.2) is 21.5 Å². The van der Waals surface area contributed by atoms with E-state index in [1.54, 1.807) is 6.33 Å². The van der Waals surface area contributed by atoms with Gasteiger partial charge < -0.3 is 15.6 Å². The van der Waals surface area contributed by atoms with Crippen molar-refractivity contribution < 1.29 is 4.79 Å². The number of aryl methyl sites for hydroxylation is 1. The Bertz CT molecular complexity index is 665. The minimum absolute atomic E-state index is 0.171. The van der Waals surface area contributed by atoms with E-state index in [1.165, 1.54) is 0 Å². The zero-order valence-electron chi connectivity index (χ0n) is 13.8. The molecule has 0 bridgehead atoms. The highest BCUT2D eigenvalue weighted by Gasteiger charge is 2.27. The van der Waals surface area contributed by atoms with E-state index in [-0.39, 0.29) is 11.3 Å². The fraction of sp³-hybridized carbons (Fsp3) is 0.412. The van der Waals surface area contributed by atoms with Gasteiger partial charge in [0.15, 0.2) is 0 Å². The molecule has 3 N–H and O–H groups in total. The summed E-state index contributed by atoms with van der Waals surface area (Å²) in [7, 11) is 0. The fourth-order valence-corrected chi connectivity index (χ4v) is 2.08. The van der Waals surface area contributed by atoms with Crippen molar-refractivity contribution in [3.63, 3.8) is 0 Å². The Hall–Kier alpha value is -2.14. The van der Waals surface area contributed by atoms with Crippen molar-refractivity contribution in [3.8, 4) is 5.69 Å². The SMILES string of the molecule is Cc1ncn(-c2ccc(NC(=O)C(N)C(C)(C)C)cc2)c1C. The van der Waals surface area contributed by atoms with Crippen LogP contribution in [0.1, 0.15) is 32.2 Å². The van der Waals surface area contributed by atoms with E-state index < -0.39 is 6.04 Å². The monoisotopic (exact) mass is 300 g/mol. The second-order valence-electron chi connectivity index (χ2n) is 6.67. The normalized spacial score (nSPS) is 13.0. The maximum Gasteiger partial charge on any atom is 0.241 e. The first-order valence-corrected chi connectivity index (χ1v) is 7.37. The molecule has 0 aliphatic heterocycles. The number of benzene rings is 1. The molecule has 0 radical (unpaired) electrons. The molecule has 22 heavy (non-hydrogen) atoms. The Kier molecular flexibility index (Phi) is 4.37. The third kappa shape index (κ3) is 3.36. The molecule has 1 aromatic heterocycles. The zero-order chi connectivity index (χ0) is 16.5. The molecule has 2 aromatic rings. The standard InChI is InChI=1S/C17H24N4O/c1-11-12(2)21(10-19-11)14-8-6-13(7-9-14)20-16(22)15(18)17(3,4)5/h6-10,15H,18H2,1-5H3,(H,20,22). The summed E-state index contributed by atoms with van der Waals surface area (Å²) in [6, 6.07) is 7.10. The number of carbonyl (C=O) groups is 1. The van der Waals surface area contributed by atoms with E-state index >= 15 is 0 Å². The molecule has 0 saturated heterocycles. The molecule has 1 unspecified atom stereocenters. The summed E-state index contributed by atoms with van der Waals surface area (Å²) < 4.78 is 2.02. The maximum absolute atomic E-state index is 12.1. The van der Waals surface area contributed by atoms with Gasteiger partial charge in [-0.1, -0.05) is 20.8 Å². The van der Waals surface area contributed by atoms with Crippen molar-refractivity contribution in [1.82, 2.24) is 9.55 Å². The first kappa shape index (κ1) is 16.2. The van der Waals surface area contributed by atoms with Gasteiger partial charge in [-0.2, -0.15) is 0 Å². The average Bonchev–Trinajstić information content (AvgIpc) is 2.78. The Morgan fingerprint density at radius 1 is 1.23 bits per heavy atom. The van der Waals surface area contributed by atoms with Crippen LogP contribution in [0.15, 0.2) is 30.6 Å². The van der Waals surface area contributed by atoms with Crippen LogP contribution in [0.25, 0.3) is 5.69 Å². The van der Waals surface area contributed by atoms with E-state index in [4.69, 9.17) is 5.73 Å². The topological polar surface area (TPSA) is 72.9 Å². The molecular formula is C17H24N4O. The first-order chi connectivity index (χ1) is 10.2. The molecule has 0 saturated carbocycles. The van der Waals surface area contributed by atoms with Gasteiger partial charge in [-0.15, -0.1) is 0 Å². The number of carbonyl (C=O) groups excluding carboxylic acids is 1. The summed E-state index contributed by atoms with van der Waals surface area (Å²) >= 11 is 0. The quantitative estimate of drug-likeness (QED) is 0.915. The molecule has 5 heteroatoms. The second-order valence-corrected chi connectivity index (χ2v) is 6.67. The Labute approximate surface area is 131 Å². The number of nitrogens with one attached hydrogen (secondary N) is 1. The number of hydrogen-bond acceptors (Lipinski definition) is 3. The van der Waals surface area contributed by atoms with E-state index in [1.807, 2.05) is 63.5 Å². The number of imidazole rings is 1. The van der Waals surface area contributed by atoms with Gasteiger partial charge in [0, 0.05) is 17.1 Å². The van der Waals surface area contributed by atoms with Crippen LogP contribution in [0.5, 0.6) is 0 Å². The van der Waals surface area contributed by atoms with Crippen molar-refractivity contribution >= 4 is 11.6 Å². The van der Waals surface area contributed by atoms with Crippen molar-refractivity contribution in [3.05, 3.63) is 42.0 Å². The molecule has 2 rings (SSSR count). The van der Waals surface area contributed by atoms with Crippen LogP contribution in [0.2, 0.25) is 0 Å². The van der Waals surface area contributed by atoms with Crippen LogP contribution in [0, 0.1) is 19.3 Å². The summed E-state index contributed by atoms with van der Waals surface area (Å²) in [5.74, 6) is -0.171. The fourth-order valence-electron chi connectivity index (χ4n) is 2.08. The molecule has 1 amide bonds. The Morgan fingerprint density at radius 2 is 1.82 bits per heavy atom. The highest BCUT2D eigenvalue weighted by atomic mass is 16.2. The van der Waals surface area contributed by atoms with Gasteiger partial charge in [0.05, 0.1) is 18.1 Å². The Balaban J connectivity index is 2.13. The number of rotatable bonds is 3. The van der Waals surface area contributed by atoms with E-state index in [0.717, 1.165) is 22.8 Å². The predicted octanol–water partition coefficient (Wildman–Crippen LogP) is 2.80. The molecule has 0 fully saturated rings. The van der Waals surface area contributed by atoms with Gasteiger partial charge >= 0.3 is 0 Å². The van der Waals surface area contributed by atoms with Crippen LogP contribution in [0.4, 0.5) is 5.69 Å². The number of anilines is 1. The Morgan fingerprint density at radius 3 is 2.27 bits per heavy atom. The molecular weight excluding hydrogens is 276 g/mol. The first-order valence-electron chi connectivity index (χ1n) is 7.37.